The Kier molecular flexibility index (Phi) is 3.21. The molecule has 0 aromatic heterocycles. The van der Waals surface area contributed by atoms with Crippen LogP contribution in [-0.2, 0) is 9.53 Å². The minimum atomic E-state index is -0.406. The molecule has 8 atom stereocenters. The maximum absolute atomic E-state index is 12.0. The lowest BCUT2D eigenvalue weighted by molar-refractivity contribution is -0.161. The van der Waals surface area contributed by atoms with Crippen LogP contribution >= 0.6 is 0 Å². The molecule has 8 unspecified atom stereocenters. The van der Waals surface area contributed by atoms with Crippen LogP contribution in [0.5, 0.6) is 0 Å². The molecule has 4 rings (SSSR count). The zero-order valence-electron chi connectivity index (χ0n) is 14.4. The van der Waals surface area contributed by atoms with Crippen molar-refractivity contribution >= 4 is 5.97 Å². The van der Waals surface area contributed by atoms with Crippen molar-refractivity contribution < 1.29 is 9.53 Å². The minimum absolute atomic E-state index is 0.258. The van der Waals surface area contributed by atoms with Crippen LogP contribution < -0.4 is 0 Å². The number of esters is 1. The van der Waals surface area contributed by atoms with E-state index in [1.165, 1.54) is 19.3 Å². The highest BCUT2D eigenvalue weighted by Crippen LogP contribution is 2.71. The third-order valence-corrected chi connectivity index (χ3v) is 7.58. The molecule has 124 valence electrons. The minimum Gasteiger partial charge on any atom is -0.456 e. The molecule has 0 spiro atoms. The van der Waals surface area contributed by atoms with Gasteiger partial charge in [0.05, 0.1) is 6.07 Å². The molecule has 0 saturated heterocycles. The maximum Gasteiger partial charge on any atom is 0.333 e. The Balaban J connectivity index is 1.53. The Morgan fingerprint density at radius 1 is 1.13 bits per heavy atom. The van der Waals surface area contributed by atoms with Crippen molar-refractivity contribution in [1.82, 2.24) is 0 Å². The fourth-order valence-corrected chi connectivity index (χ4v) is 6.95. The Morgan fingerprint density at radius 2 is 1.74 bits per heavy atom. The quantitative estimate of drug-likeness (QED) is 0.450. The number of rotatable bonds is 3. The first kappa shape index (κ1) is 15.2. The van der Waals surface area contributed by atoms with Crippen LogP contribution in [0.25, 0.3) is 0 Å². The van der Waals surface area contributed by atoms with Gasteiger partial charge in [-0.2, -0.15) is 5.26 Å². The summed E-state index contributed by atoms with van der Waals surface area (Å²) in [6, 6.07) is 2.57. The second kappa shape index (κ2) is 4.85. The Bertz CT molecular complexity index is 601. The van der Waals surface area contributed by atoms with Gasteiger partial charge >= 0.3 is 5.97 Å². The lowest BCUT2D eigenvalue weighted by atomic mass is 9.62. The van der Waals surface area contributed by atoms with Crippen LogP contribution in [0.2, 0.25) is 0 Å². The number of carbonyl (C=O) groups is 1. The van der Waals surface area contributed by atoms with Crippen LogP contribution in [0, 0.1) is 58.7 Å². The molecule has 0 aliphatic heterocycles. The molecule has 0 N–H and O–H groups in total. The number of nitrogens with zero attached hydrogens (tertiary/aromatic N) is 1. The highest BCUT2D eigenvalue weighted by molar-refractivity contribution is 5.87. The summed E-state index contributed by atoms with van der Waals surface area (Å²) in [5.74, 6) is 4.95. The molecule has 23 heavy (non-hydrogen) atoms. The van der Waals surface area contributed by atoms with Gasteiger partial charge in [0.1, 0.15) is 5.60 Å². The predicted molar refractivity (Wildman–Crippen MR) is 87.0 cm³/mol. The van der Waals surface area contributed by atoms with Crippen molar-refractivity contribution in [3.63, 3.8) is 0 Å². The smallest absolute Gasteiger partial charge is 0.333 e. The Morgan fingerprint density at radius 3 is 2.39 bits per heavy atom. The lowest BCUT2D eigenvalue weighted by Gasteiger charge is -2.45. The van der Waals surface area contributed by atoms with Gasteiger partial charge < -0.3 is 4.74 Å². The molecule has 4 aliphatic rings. The molecule has 0 amide bonds. The van der Waals surface area contributed by atoms with Gasteiger partial charge in [0.15, 0.2) is 0 Å². The maximum atomic E-state index is 12.0. The average Bonchev–Trinajstić information content (AvgIpc) is 3.23. The standard InChI is InChI=1S/C20H27NO2/c1-10(2)19(22)23-20(3,4)16-8-12-7-15(16)18-11-5-13(9-21)14(6-11)17(12)18/h11-18H,1,5-8H2,2-4H3. The van der Waals surface area contributed by atoms with E-state index in [9.17, 15) is 10.1 Å². The fraction of sp³-hybridized carbons (Fsp3) is 0.800. The van der Waals surface area contributed by atoms with E-state index in [1.54, 1.807) is 6.92 Å². The molecule has 4 aliphatic carbocycles. The summed E-state index contributed by atoms with van der Waals surface area (Å²) in [6.45, 7) is 9.59. The van der Waals surface area contributed by atoms with Gasteiger partial charge in [-0.05, 0) is 82.0 Å². The Hall–Kier alpha value is -1.30. The third kappa shape index (κ3) is 2.03. The van der Waals surface area contributed by atoms with E-state index in [-0.39, 0.29) is 5.97 Å². The molecule has 0 aromatic carbocycles. The van der Waals surface area contributed by atoms with Crippen LogP contribution in [0.3, 0.4) is 0 Å². The van der Waals surface area contributed by atoms with Gasteiger partial charge in [-0.25, -0.2) is 4.79 Å². The van der Waals surface area contributed by atoms with Crippen LogP contribution in [0.15, 0.2) is 12.2 Å². The monoisotopic (exact) mass is 313 g/mol. The van der Waals surface area contributed by atoms with Crippen LogP contribution in [-0.4, -0.2) is 11.6 Å². The van der Waals surface area contributed by atoms with Gasteiger partial charge in [-0.15, -0.1) is 0 Å². The summed E-state index contributed by atoms with van der Waals surface area (Å²) < 4.78 is 5.82. The van der Waals surface area contributed by atoms with Gasteiger partial charge in [-0.1, -0.05) is 6.58 Å². The number of nitriles is 1. The number of carbonyl (C=O) groups excluding carboxylic acids is 1. The highest BCUT2D eigenvalue weighted by Gasteiger charge is 2.66. The fourth-order valence-electron chi connectivity index (χ4n) is 6.95. The van der Waals surface area contributed by atoms with Gasteiger partial charge in [0, 0.05) is 17.4 Å². The van der Waals surface area contributed by atoms with Crippen LogP contribution in [0.1, 0.15) is 46.5 Å². The topological polar surface area (TPSA) is 50.1 Å². The van der Waals surface area contributed by atoms with Crippen molar-refractivity contribution in [2.24, 2.45) is 47.3 Å². The average molecular weight is 313 g/mol. The van der Waals surface area contributed by atoms with Crippen molar-refractivity contribution in [2.75, 3.05) is 0 Å². The lowest BCUT2D eigenvalue weighted by Crippen LogP contribution is -2.45. The molecule has 3 nitrogen and oxygen atoms in total. The highest BCUT2D eigenvalue weighted by atomic mass is 16.6. The normalized spacial score (nSPS) is 46.5. The van der Waals surface area contributed by atoms with Crippen molar-refractivity contribution in [3.8, 4) is 6.07 Å². The molecule has 4 fully saturated rings. The first-order valence-electron chi connectivity index (χ1n) is 9.12. The first-order chi connectivity index (χ1) is 10.8. The van der Waals surface area contributed by atoms with E-state index >= 15 is 0 Å². The van der Waals surface area contributed by atoms with Crippen molar-refractivity contribution in [2.45, 2.75) is 52.1 Å². The first-order valence-corrected chi connectivity index (χ1v) is 9.12. The van der Waals surface area contributed by atoms with Crippen LogP contribution in [0.4, 0.5) is 0 Å². The summed E-state index contributed by atoms with van der Waals surface area (Å²) in [7, 11) is 0. The number of hydrogen-bond donors (Lipinski definition) is 0. The van der Waals surface area contributed by atoms with E-state index in [0.29, 0.717) is 29.2 Å². The van der Waals surface area contributed by atoms with E-state index < -0.39 is 5.60 Å². The van der Waals surface area contributed by atoms with E-state index in [2.05, 4.69) is 26.5 Å². The van der Waals surface area contributed by atoms with Crippen molar-refractivity contribution in [3.05, 3.63) is 12.2 Å². The second-order valence-electron chi connectivity index (χ2n) is 9.06. The molecule has 4 saturated carbocycles. The predicted octanol–water partition coefficient (Wildman–Crippen LogP) is 3.95. The van der Waals surface area contributed by atoms with E-state index in [1.807, 2.05) is 0 Å². The zero-order chi connectivity index (χ0) is 16.5. The van der Waals surface area contributed by atoms with E-state index in [0.717, 1.165) is 30.1 Å². The molecule has 0 radical (unpaired) electrons. The SMILES string of the molecule is C=C(C)C(=O)OC(C)(C)C1CC2CC1C1C3CC(C#N)C(C3)C21. The second-order valence-corrected chi connectivity index (χ2v) is 9.06. The third-order valence-electron chi connectivity index (χ3n) is 7.58. The zero-order valence-corrected chi connectivity index (χ0v) is 14.4. The molecule has 4 bridgehead atoms. The summed E-state index contributed by atoms with van der Waals surface area (Å²) in [6.07, 6.45) is 4.85. The Labute approximate surface area is 139 Å². The van der Waals surface area contributed by atoms with Gasteiger partial charge in [0.25, 0.3) is 0 Å². The summed E-state index contributed by atoms with van der Waals surface area (Å²) in [4.78, 5) is 12.0. The summed E-state index contributed by atoms with van der Waals surface area (Å²) in [5.41, 5.74) is 0.0764. The molecular formula is C20H27NO2. The largest absolute Gasteiger partial charge is 0.456 e. The molecular weight excluding hydrogens is 286 g/mol. The summed E-state index contributed by atoms with van der Waals surface area (Å²) in [5, 5.41) is 9.39. The van der Waals surface area contributed by atoms with Gasteiger partial charge in [-0.3, -0.25) is 0 Å². The van der Waals surface area contributed by atoms with Gasteiger partial charge in [0.2, 0.25) is 0 Å². The number of hydrogen-bond acceptors (Lipinski definition) is 3. The summed E-state index contributed by atoms with van der Waals surface area (Å²) >= 11 is 0. The molecule has 0 heterocycles. The molecule has 3 heteroatoms. The number of fused-ring (bicyclic) bond motifs is 9. The molecule has 0 aromatic rings. The number of ether oxygens (including phenoxy) is 1. The van der Waals surface area contributed by atoms with Crippen molar-refractivity contribution in [1.29, 1.82) is 5.26 Å². The van der Waals surface area contributed by atoms with E-state index in [4.69, 9.17) is 4.74 Å².